The van der Waals surface area contributed by atoms with Gasteiger partial charge in [-0.2, -0.15) is 0 Å². The molecule has 8 heterocycles. The SMILES string of the molecule is COc1c(F)cc(-c2cc(O[C@H](C)[C@H]3CNC(=O)C3)c3cccnc3c2)cc1F.COc1cc(-c2cc(OC[C@H]3CNC(=O)O3)c3cccnc3c2)ccc1O.COc1cc(-c2cc(O[C@H](C)[C@H]3CNC(=O)C3)c3cccnc3c2)ccc1O.COc1ccc(-c2cc(OC[C@H]3CNC(=O)O3)c3cccnc3c2)cc1OC. The Hall–Kier alpha value is -13.5. The van der Waals surface area contributed by atoms with Gasteiger partial charge in [-0.25, -0.2) is 18.4 Å². The smallest absolute Gasteiger partial charge is 0.407 e. The first-order chi connectivity index (χ1) is 54.3. The number of methoxy groups -OCH3 is 5. The summed E-state index contributed by atoms with van der Waals surface area (Å²) in [6.07, 6.45) is 5.90. The molecule has 0 radical (unpaired) electrons. The molecule has 8 aromatic carbocycles. The predicted molar refractivity (Wildman–Crippen MR) is 415 cm³/mol. The van der Waals surface area contributed by atoms with Crippen molar-refractivity contribution in [3.8, 4) is 108 Å². The van der Waals surface area contributed by atoms with E-state index in [1.165, 1.54) is 33.5 Å². The second kappa shape index (κ2) is 34.8. The molecule has 4 amide bonds. The summed E-state index contributed by atoms with van der Waals surface area (Å²) >= 11 is 0. The van der Waals surface area contributed by atoms with Gasteiger partial charge in [-0.1, -0.05) is 18.2 Å². The van der Waals surface area contributed by atoms with E-state index in [0.717, 1.165) is 77.2 Å². The molecule has 6 N–H and O–H groups in total. The van der Waals surface area contributed by atoms with E-state index in [9.17, 15) is 38.2 Å². The molecule has 0 unspecified atom stereocenters. The van der Waals surface area contributed by atoms with Crippen molar-refractivity contribution in [1.29, 1.82) is 0 Å². The fourth-order valence-corrected chi connectivity index (χ4v) is 13.3. The fraction of sp³-hybridized carbons (Fsp3) is 0.247. The summed E-state index contributed by atoms with van der Waals surface area (Å²) in [4.78, 5) is 63.2. The molecule has 4 fully saturated rings. The Kier molecular flexibility index (Phi) is 23.9. The first kappa shape index (κ1) is 76.7. The average molecular weight is 1520 g/mol. The Morgan fingerprint density at radius 1 is 0.393 bits per heavy atom. The largest absolute Gasteiger partial charge is 0.504 e. The minimum Gasteiger partial charge on any atom is -0.504 e. The molecule has 0 bridgehead atoms. The van der Waals surface area contributed by atoms with Crippen LogP contribution in [0.3, 0.4) is 0 Å². The summed E-state index contributed by atoms with van der Waals surface area (Å²) in [6.45, 7) is 6.45. The number of amides is 4. The van der Waals surface area contributed by atoms with Crippen LogP contribution in [-0.4, -0.2) is 154 Å². The number of alkyl carbamates (subject to hydrolysis) is 2. The van der Waals surface area contributed by atoms with Crippen LogP contribution in [0.15, 0.2) is 189 Å². The third-order valence-electron chi connectivity index (χ3n) is 19.3. The molecule has 4 aromatic heterocycles. The molecule has 6 atom stereocenters. The molecule has 16 rings (SSSR count). The first-order valence-electron chi connectivity index (χ1n) is 35.9. The number of rotatable bonds is 21. The van der Waals surface area contributed by atoms with E-state index in [4.69, 9.17) is 52.1 Å². The van der Waals surface area contributed by atoms with Crippen LogP contribution in [-0.2, 0) is 19.1 Å². The lowest BCUT2D eigenvalue weighted by atomic mass is 10.0. The van der Waals surface area contributed by atoms with Gasteiger partial charge in [0, 0.05) is 84.1 Å². The van der Waals surface area contributed by atoms with Gasteiger partial charge < -0.3 is 83.6 Å². The molecule has 0 aliphatic carbocycles. The van der Waals surface area contributed by atoms with Crippen molar-refractivity contribution >= 4 is 67.6 Å². The molecule has 0 saturated carbocycles. The summed E-state index contributed by atoms with van der Waals surface area (Å²) in [6, 6.07) is 48.9. The summed E-state index contributed by atoms with van der Waals surface area (Å²) in [7, 11) is 7.46. The van der Waals surface area contributed by atoms with Crippen LogP contribution in [0, 0.1) is 23.5 Å². The monoisotopic (exact) mass is 1520 g/mol. The molecule has 12 aromatic rings. The number of benzene rings is 8. The van der Waals surface area contributed by atoms with Crippen LogP contribution in [0.2, 0.25) is 0 Å². The van der Waals surface area contributed by atoms with E-state index in [1.54, 1.807) is 87.5 Å². The minimum atomic E-state index is -0.782. The van der Waals surface area contributed by atoms with Crippen molar-refractivity contribution in [2.75, 3.05) is 74.9 Å². The molecule has 4 aliphatic heterocycles. The molecule has 27 heteroatoms. The second-order valence-corrected chi connectivity index (χ2v) is 26.6. The fourth-order valence-electron chi connectivity index (χ4n) is 13.3. The molecule has 4 aliphatic rings. The maximum Gasteiger partial charge on any atom is 0.407 e. The number of phenols is 2. The number of pyridine rings is 4. The van der Waals surface area contributed by atoms with Gasteiger partial charge in [-0.15, -0.1) is 0 Å². The highest BCUT2D eigenvalue weighted by Gasteiger charge is 2.31. The van der Waals surface area contributed by atoms with Gasteiger partial charge in [0.05, 0.1) is 70.7 Å². The molecule has 0 spiro atoms. The maximum atomic E-state index is 14.2. The molecular formula is C85H80F2N8O17. The zero-order valence-corrected chi connectivity index (χ0v) is 62.1. The number of nitrogens with zero attached hydrogens (tertiary/aromatic N) is 4. The van der Waals surface area contributed by atoms with Gasteiger partial charge in [0.15, 0.2) is 64.1 Å². The highest BCUT2D eigenvalue weighted by molar-refractivity contribution is 5.94. The Morgan fingerprint density at radius 2 is 0.732 bits per heavy atom. The maximum absolute atomic E-state index is 14.2. The lowest BCUT2D eigenvalue weighted by Crippen LogP contribution is -2.25. The van der Waals surface area contributed by atoms with Crippen molar-refractivity contribution < 1.29 is 90.3 Å². The summed E-state index contributed by atoms with van der Waals surface area (Å²) in [5.41, 5.74) is 9.37. The van der Waals surface area contributed by atoms with Crippen LogP contribution in [0.4, 0.5) is 18.4 Å². The van der Waals surface area contributed by atoms with Gasteiger partial charge in [0.2, 0.25) is 11.8 Å². The number of nitrogens with one attached hydrogen (secondary N) is 4. The van der Waals surface area contributed by atoms with Crippen molar-refractivity contribution in [1.82, 2.24) is 41.2 Å². The first-order valence-corrected chi connectivity index (χ1v) is 35.9. The van der Waals surface area contributed by atoms with Crippen LogP contribution < -0.4 is 63.9 Å². The highest BCUT2D eigenvalue weighted by atomic mass is 19.1. The van der Waals surface area contributed by atoms with E-state index in [0.29, 0.717) is 95.9 Å². The van der Waals surface area contributed by atoms with E-state index in [2.05, 4.69) is 41.2 Å². The molecule has 576 valence electrons. The van der Waals surface area contributed by atoms with E-state index in [1.807, 2.05) is 117 Å². The number of carbonyl (C=O) groups is 4. The zero-order valence-electron chi connectivity index (χ0n) is 62.1. The summed E-state index contributed by atoms with van der Waals surface area (Å²) < 4.78 is 89.0. The second-order valence-electron chi connectivity index (χ2n) is 26.6. The third kappa shape index (κ3) is 18.0. The number of fused-ring (bicyclic) bond motifs is 4. The Bertz CT molecular complexity index is 5460. The van der Waals surface area contributed by atoms with Crippen LogP contribution in [0.25, 0.3) is 88.1 Å². The number of carbonyl (C=O) groups excluding carboxylic acids is 4. The molecule has 4 saturated heterocycles. The van der Waals surface area contributed by atoms with Crippen molar-refractivity contribution in [2.45, 2.75) is 51.1 Å². The third-order valence-corrected chi connectivity index (χ3v) is 19.3. The topological polar surface area (TPSA) is 310 Å². The number of halogens is 2. The van der Waals surface area contributed by atoms with Crippen molar-refractivity contribution in [2.24, 2.45) is 11.8 Å². The van der Waals surface area contributed by atoms with Crippen LogP contribution >= 0.6 is 0 Å². The van der Waals surface area contributed by atoms with Gasteiger partial charge in [0.1, 0.15) is 48.4 Å². The summed E-state index contributed by atoms with van der Waals surface area (Å²) in [5, 5.41) is 34.1. The number of cyclic esters (lactones) is 2. The summed E-state index contributed by atoms with van der Waals surface area (Å²) in [5.74, 6) is 3.14. The van der Waals surface area contributed by atoms with Gasteiger partial charge >= 0.3 is 12.2 Å². The average Bonchev–Trinajstić information content (AvgIpc) is 1.02. The minimum absolute atomic E-state index is 0.00917. The van der Waals surface area contributed by atoms with Gasteiger partial charge in [-0.05, 0) is 204 Å². The number of hydrogen-bond acceptors (Lipinski definition) is 21. The van der Waals surface area contributed by atoms with Crippen LogP contribution in [0.5, 0.6) is 63.2 Å². The van der Waals surface area contributed by atoms with Crippen molar-refractivity contribution in [3.05, 3.63) is 200 Å². The van der Waals surface area contributed by atoms with Crippen molar-refractivity contribution in [3.63, 3.8) is 0 Å². The number of aromatic hydroxyl groups is 2. The molecule has 25 nitrogen and oxygen atoms in total. The van der Waals surface area contributed by atoms with E-state index >= 15 is 0 Å². The van der Waals surface area contributed by atoms with Crippen LogP contribution in [0.1, 0.15) is 26.7 Å². The van der Waals surface area contributed by atoms with Gasteiger partial charge in [0.25, 0.3) is 0 Å². The quantitative estimate of drug-likeness (QED) is 0.0389. The predicted octanol–water partition coefficient (Wildman–Crippen LogP) is 14.1. The number of ether oxygens (including phenoxy) is 11. The Morgan fingerprint density at radius 3 is 1.08 bits per heavy atom. The highest BCUT2D eigenvalue weighted by Crippen LogP contribution is 2.42. The molecular weight excluding hydrogens is 1440 g/mol. The van der Waals surface area contributed by atoms with E-state index < -0.39 is 29.6 Å². The Balaban J connectivity index is 0.000000131. The van der Waals surface area contributed by atoms with Gasteiger partial charge in [-0.3, -0.25) is 29.5 Å². The van der Waals surface area contributed by atoms with E-state index in [-0.39, 0.29) is 72.8 Å². The normalized spacial score (nSPS) is 16.6. The number of hydrogen-bond donors (Lipinski definition) is 6. The number of phenolic OH excluding ortho intramolecular Hbond substituents is 2. The number of aromatic nitrogens is 4. The zero-order chi connectivity index (χ0) is 78.5. The Labute approximate surface area is 642 Å². The lowest BCUT2D eigenvalue weighted by molar-refractivity contribution is -0.120. The lowest BCUT2D eigenvalue weighted by Gasteiger charge is -2.21. The standard InChI is InChI=1S/C22H20F2N2O3.C22H22N2O4.C21H20N2O5.C20H18N2O5/c1-12(15-10-21(27)26-11-15)29-20-9-14(8-19-16(20)4-3-5-25-19)13-6-17(23)22(28-2)18(24)7-13;1-13(16-11-22(26)24-12-16)28-20-10-15(8-18-17(20)4-3-7-23-18)14-5-6-19(25)21(9-14)27-2;1-25-18-6-5-13(9-20(18)26-2)14-8-17-16(4-3-7-22-17)19(10-14)27-12-15-11-23-21(24)28-15;1-25-19-8-12(4-5-17(19)23)13-7-16-15(3-2-6-21-16)18(9-13)26-11-14-10-22-20(24)27-14/h3-9,12,15H,10-11H2,1-2H3,(H,26,27);3-10,13,16,25H,11-12H2,1-2H3,(H,24,26);3-10,15H,11-12H2,1-2H3,(H,23,24);2-9,14,23H,10-11H2,1H3,(H,22,24)/t12-,15-;13-,16-;15-;14-/m1111/s1. The molecule has 112 heavy (non-hydrogen) atoms.